The van der Waals surface area contributed by atoms with Crippen molar-refractivity contribution in [1.82, 2.24) is 0 Å². The van der Waals surface area contributed by atoms with Crippen molar-refractivity contribution >= 4 is 5.97 Å². The van der Waals surface area contributed by atoms with E-state index in [1.807, 2.05) is 0 Å². The van der Waals surface area contributed by atoms with Gasteiger partial charge in [0.05, 0.1) is 5.92 Å². The number of hydrogen-bond donors (Lipinski definition) is 0. The number of carbonyl (C=O) groups is 1. The zero-order valence-electron chi connectivity index (χ0n) is 20.6. The molecule has 3 saturated carbocycles. The number of esters is 1. The lowest BCUT2D eigenvalue weighted by molar-refractivity contribution is -0.144. The van der Waals surface area contributed by atoms with Gasteiger partial charge in [0.1, 0.15) is 5.75 Å². The highest BCUT2D eigenvalue weighted by Gasteiger charge is 2.43. The molecule has 0 heterocycles. The van der Waals surface area contributed by atoms with Crippen molar-refractivity contribution in [3.05, 3.63) is 23.8 Å². The van der Waals surface area contributed by atoms with Crippen LogP contribution in [0.1, 0.15) is 90.4 Å². The predicted octanol–water partition coefficient (Wildman–Crippen LogP) is 8.30. The molecule has 1 aromatic rings. The van der Waals surface area contributed by atoms with Crippen molar-refractivity contribution in [3.8, 4) is 11.5 Å². The highest BCUT2D eigenvalue weighted by molar-refractivity contribution is 5.75. The fourth-order valence-corrected chi connectivity index (χ4v) is 7.15. The molecule has 4 atom stereocenters. The van der Waals surface area contributed by atoms with Crippen molar-refractivity contribution in [2.75, 3.05) is 0 Å². The molecule has 3 aliphatic carbocycles. The van der Waals surface area contributed by atoms with Crippen LogP contribution in [0.2, 0.25) is 0 Å². The number of fused-ring (bicyclic) bond motifs is 1. The normalized spacial score (nSPS) is 31.1. The number of ether oxygens (including phenoxy) is 2. The van der Waals surface area contributed by atoms with Crippen LogP contribution in [-0.4, -0.2) is 12.6 Å². The van der Waals surface area contributed by atoms with E-state index in [1.54, 1.807) is 0 Å². The Balaban J connectivity index is 1.33. The molecule has 0 aliphatic heterocycles. The largest absolute Gasteiger partial charge is 0.429 e. The number of hydrogen-bond acceptors (Lipinski definition) is 3. The smallest absolute Gasteiger partial charge is 0.387 e. The number of benzene rings is 1. The second-order valence-corrected chi connectivity index (χ2v) is 11.0. The highest BCUT2D eigenvalue weighted by atomic mass is 19.3. The SMILES string of the molecule is CCCCC1CCC(C2CCC3C(CCCC3C(=O)Oc3cc(F)c(OC(F)F)c(F)c3)C2)CC1. The van der Waals surface area contributed by atoms with E-state index in [1.165, 1.54) is 51.4 Å². The fraction of sp³-hybridized carbons (Fsp3) is 0.750. The van der Waals surface area contributed by atoms with Gasteiger partial charge in [-0.1, -0.05) is 51.9 Å². The van der Waals surface area contributed by atoms with Gasteiger partial charge in [-0.3, -0.25) is 4.79 Å². The number of unbranched alkanes of at least 4 members (excludes halogenated alkanes) is 1. The highest BCUT2D eigenvalue weighted by Crippen LogP contribution is 2.50. The molecule has 0 bridgehead atoms. The Kier molecular flexibility index (Phi) is 8.98. The Morgan fingerprint density at radius 3 is 2.29 bits per heavy atom. The van der Waals surface area contributed by atoms with Crippen LogP contribution in [0.15, 0.2) is 12.1 Å². The molecule has 0 radical (unpaired) electrons. The molecule has 4 rings (SSSR count). The molecular formula is C28H38F4O3. The fourth-order valence-electron chi connectivity index (χ4n) is 7.15. The molecule has 0 N–H and O–H groups in total. The number of carbonyl (C=O) groups excluding carboxylic acids is 1. The second kappa shape index (κ2) is 12.0. The van der Waals surface area contributed by atoms with Crippen molar-refractivity contribution in [1.29, 1.82) is 0 Å². The van der Waals surface area contributed by atoms with E-state index in [0.717, 1.165) is 55.6 Å². The predicted molar refractivity (Wildman–Crippen MR) is 125 cm³/mol. The summed E-state index contributed by atoms with van der Waals surface area (Å²) in [6.45, 7) is -1.09. The Morgan fingerprint density at radius 1 is 0.943 bits per heavy atom. The maximum Gasteiger partial charge on any atom is 0.387 e. The summed E-state index contributed by atoms with van der Waals surface area (Å²) in [5, 5.41) is 0. The van der Waals surface area contributed by atoms with Crippen molar-refractivity contribution < 1.29 is 31.8 Å². The second-order valence-electron chi connectivity index (χ2n) is 11.0. The van der Waals surface area contributed by atoms with Crippen LogP contribution in [0.5, 0.6) is 11.5 Å². The van der Waals surface area contributed by atoms with Crippen LogP contribution in [-0.2, 0) is 4.79 Å². The molecule has 3 fully saturated rings. The van der Waals surface area contributed by atoms with Gasteiger partial charge in [0, 0.05) is 12.1 Å². The van der Waals surface area contributed by atoms with Gasteiger partial charge in [0.2, 0.25) is 0 Å². The van der Waals surface area contributed by atoms with Crippen molar-refractivity contribution in [3.63, 3.8) is 0 Å². The standard InChI is InChI=1S/C28H38F4O3/c1-2-3-5-17-8-10-18(11-9-17)19-12-13-22-20(14-19)6-4-7-23(22)27(33)34-21-15-24(29)26(25(30)16-21)35-28(31)32/h15-20,22-23,28H,2-14H2,1H3. The maximum absolute atomic E-state index is 14.0. The number of rotatable bonds is 8. The van der Waals surface area contributed by atoms with E-state index < -0.39 is 30.0 Å². The Hall–Kier alpha value is -1.79. The minimum atomic E-state index is -3.35. The molecule has 0 aromatic heterocycles. The van der Waals surface area contributed by atoms with E-state index in [0.29, 0.717) is 12.3 Å². The summed E-state index contributed by atoms with van der Waals surface area (Å²) in [7, 11) is 0. The first kappa shape index (κ1) is 26.3. The molecule has 3 aliphatic rings. The van der Waals surface area contributed by atoms with Gasteiger partial charge >= 0.3 is 12.6 Å². The van der Waals surface area contributed by atoms with Gasteiger partial charge in [-0.2, -0.15) is 8.78 Å². The molecule has 3 nitrogen and oxygen atoms in total. The van der Waals surface area contributed by atoms with E-state index in [2.05, 4.69) is 11.7 Å². The number of alkyl halides is 2. The zero-order chi connectivity index (χ0) is 24.9. The van der Waals surface area contributed by atoms with Crippen LogP contribution in [0.4, 0.5) is 17.6 Å². The average Bonchev–Trinajstić information content (AvgIpc) is 2.84. The van der Waals surface area contributed by atoms with Gasteiger partial charge in [0.15, 0.2) is 17.4 Å². The van der Waals surface area contributed by atoms with Crippen LogP contribution in [0, 0.1) is 47.1 Å². The Labute approximate surface area is 205 Å². The van der Waals surface area contributed by atoms with Crippen molar-refractivity contribution in [2.45, 2.75) is 97.0 Å². The summed E-state index contributed by atoms with van der Waals surface area (Å²) in [4.78, 5) is 13.0. The monoisotopic (exact) mass is 498 g/mol. The lowest BCUT2D eigenvalue weighted by Crippen LogP contribution is -2.40. The molecule has 4 unspecified atom stereocenters. The lowest BCUT2D eigenvalue weighted by Gasteiger charge is -2.46. The van der Waals surface area contributed by atoms with Gasteiger partial charge in [-0.15, -0.1) is 0 Å². The first-order valence-corrected chi connectivity index (χ1v) is 13.5. The molecule has 35 heavy (non-hydrogen) atoms. The van der Waals surface area contributed by atoms with Gasteiger partial charge < -0.3 is 9.47 Å². The number of halogens is 4. The first-order valence-electron chi connectivity index (χ1n) is 13.5. The molecular weight excluding hydrogens is 460 g/mol. The summed E-state index contributed by atoms with van der Waals surface area (Å²) < 4.78 is 62.0. The molecule has 0 amide bonds. The third kappa shape index (κ3) is 6.51. The third-order valence-electron chi connectivity index (χ3n) is 8.91. The van der Waals surface area contributed by atoms with Gasteiger partial charge in [-0.05, 0) is 68.1 Å². The lowest BCUT2D eigenvalue weighted by atomic mass is 9.59. The van der Waals surface area contributed by atoms with E-state index in [4.69, 9.17) is 4.74 Å². The van der Waals surface area contributed by atoms with Gasteiger partial charge in [-0.25, -0.2) is 8.78 Å². The minimum absolute atomic E-state index is 0.240. The molecule has 0 saturated heterocycles. The van der Waals surface area contributed by atoms with Crippen molar-refractivity contribution in [2.24, 2.45) is 35.5 Å². The Morgan fingerprint density at radius 2 is 1.63 bits per heavy atom. The van der Waals surface area contributed by atoms with E-state index in [-0.39, 0.29) is 17.6 Å². The maximum atomic E-state index is 14.0. The molecule has 1 aromatic carbocycles. The first-order chi connectivity index (χ1) is 16.9. The van der Waals surface area contributed by atoms with Crippen LogP contribution in [0.25, 0.3) is 0 Å². The van der Waals surface area contributed by atoms with E-state index >= 15 is 0 Å². The summed E-state index contributed by atoms with van der Waals surface area (Å²) in [6.07, 6.45) is 15.5. The average molecular weight is 499 g/mol. The topological polar surface area (TPSA) is 35.5 Å². The summed E-state index contributed by atoms with van der Waals surface area (Å²) >= 11 is 0. The molecule has 196 valence electrons. The third-order valence-corrected chi connectivity index (χ3v) is 8.91. The van der Waals surface area contributed by atoms with E-state index in [9.17, 15) is 22.4 Å². The van der Waals surface area contributed by atoms with Crippen LogP contribution >= 0.6 is 0 Å². The summed E-state index contributed by atoms with van der Waals surface area (Å²) in [6, 6.07) is 1.46. The van der Waals surface area contributed by atoms with Gasteiger partial charge in [0.25, 0.3) is 0 Å². The zero-order valence-corrected chi connectivity index (χ0v) is 20.6. The minimum Gasteiger partial charge on any atom is -0.429 e. The van der Waals surface area contributed by atoms with Crippen LogP contribution < -0.4 is 9.47 Å². The quantitative estimate of drug-likeness (QED) is 0.205. The molecule has 0 spiro atoms. The molecule has 7 heteroatoms. The summed E-state index contributed by atoms with van der Waals surface area (Å²) in [5.74, 6) is -1.71. The van der Waals surface area contributed by atoms with Crippen LogP contribution in [0.3, 0.4) is 0 Å². The summed E-state index contributed by atoms with van der Waals surface area (Å²) in [5.41, 5.74) is 0. The Bertz CT molecular complexity index is 830.